The molecule has 0 spiro atoms. The zero-order chi connectivity index (χ0) is 31.3. The molecule has 0 unspecified atom stereocenters. The first-order chi connectivity index (χ1) is 19.6. The molecule has 0 bridgehead atoms. The van der Waals surface area contributed by atoms with E-state index >= 15 is 0 Å². The molecular weight excluding hydrogens is 516 g/mol. The summed E-state index contributed by atoms with van der Waals surface area (Å²) < 4.78 is 6.92. The Labute approximate surface area is 254 Å². The molecule has 1 aliphatic heterocycles. The molecule has 2 aromatic carbocycles. The van der Waals surface area contributed by atoms with Crippen LogP contribution in [0.1, 0.15) is 84.0 Å². The Balaban J connectivity index is 1.96. The topological polar surface area (TPSA) is 44.9 Å². The molecule has 2 aromatic rings. The zero-order valence-corrected chi connectivity index (χ0v) is 28.9. The van der Waals surface area contributed by atoms with Crippen LogP contribution in [0.3, 0.4) is 0 Å². The second-order valence-corrected chi connectivity index (χ2v) is 14.0. The van der Waals surface area contributed by atoms with Crippen molar-refractivity contribution < 1.29 is 4.42 Å². The standard InChI is InChI=1S/C37H54N4O/c1-21-22(2)24(4)30-29(23(21)3)31(38-19-15-17-37(9,10)18-16-20-40(11)12)27(7)35-33(30)39-32-25(5)26(6)34(41(13)14)28(8)36(32)42-35/h15-20H2,1-14H3. The lowest BCUT2D eigenvalue weighted by atomic mass is 9.83. The van der Waals surface area contributed by atoms with E-state index in [1.165, 1.54) is 69.1 Å². The third-order valence-corrected chi connectivity index (χ3v) is 9.87. The van der Waals surface area contributed by atoms with Gasteiger partial charge in [0.25, 0.3) is 0 Å². The number of fused-ring (bicyclic) bond motifs is 4. The molecule has 4 rings (SSSR count). The fourth-order valence-corrected chi connectivity index (χ4v) is 6.90. The van der Waals surface area contributed by atoms with Gasteiger partial charge in [0.2, 0.25) is 0 Å². The van der Waals surface area contributed by atoms with Gasteiger partial charge >= 0.3 is 0 Å². The van der Waals surface area contributed by atoms with Gasteiger partial charge in [0, 0.05) is 48.2 Å². The Morgan fingerprint density at radius 1 is 0.690 bits per heavy atom. The smallest absolute Gasteiger partial charge is 0.158 e. The molecule has 0 radical (unpaired) electrons. The van der Waals surface area contributed by atoms with Gasteiger partial charge in [-0.3, -0.25) is 4.99 Å². The molecule has 0 aromatic heterocycles. The van der Waals surface area contributed by atoms with E-state index < -0.39 is 0 Å². The van der Waals surface area contributed by atoms with E-state index in [4.69, 9.17) is 14.4 Å². The first-order valence-electron chi connectivity index (χ1n) is 15.7. The predicted octanol–water partition coefficient (Wildman–Crippen LogP) is 8.67. The quantitative estimate of drug-likeness (QED) is 0.115. The second kappa shape index (κ2) is 12.0. The fourth-order valence-electron chi connectivity index (χ4n) is 6.90. The fraction of sp³-hybridized carbons (Fsp3) is 0.568. The van der Waals surface area contributed by atoms with Crippen LogP contribution in [0, 0.1) is 60.8 Å². The molecule has 228 valence electrons. The van der Waals surface area contributed by atoms with Gasteiger partial charge < -0.3 is 14.2 Å². The van der Waals surface area contributed by atoms with Crippen molar-refractivity contribution in [2.45, 2.75) is 94.9 Å². The summed E-state index contributed by atoms with van der Waals surface area (Å²) in [5.74, 6) is 0.861. The molecule has 1 aliphatic carbocycles. The first-order valence-corrected chi connectivity index (χ1v) is 15.7. The predicted molar refractivity (Wildman–Crippen MR) is 182 cm³/mol. The van der Waals surface area contributed by atoms with Gasteiger partial charge in [-0.25, -0.2) is 4.98 Å². The van der Waals surface area contributed by atoms with Crippen molar-refractivity contribution in [1.82, 2.24) is 9.88 Å². The van der Waals surface area contributed by atoms with Crippen LogP contribution < -0.4 is 10.3 Å². The number of hydrogen-bond donors (Lipinski definition) is 0. The van der Waals surface area contributed by atoms with Crippen molar-refractivity contribution in [2.24, 2.45) is 10.4 Å². The number of nitrogens with zero attached hydrogens (tertiary/aromatic N) is 4. The van der Waals surface area contributed by atoms with Crippen molar-refractivity contribution in [2.75, 3.05) is 46.2 Å². The van der Waals surface area contributed by atoms with Gasteiger partial charge in [-0.15, -0.1) is 0 Å². The summed E-state index contributed by atoms with van der Waals surface area (Å²) in [5.41, 5.74) is 14.2. The van der Waals surface area contributed by atoms with Crippen LogP contribution in [-0.4, -0.2) is 51.2 Å². The van der Waals surface area contributed by atoms with Gasteiger partial charge in [0.05, 0.1) is 5.36 Å². The van der Waals surface area contributed by atoms with Gasteiger partial charge in [-0.2, -0.15) is 0 Å². The van der Waals surface area contributed by atoms with Crippen LogP contribution in [0.2, 0.25) is 0 Å². The minimum absolute atomic E-state index is 0.321. The first kappa shape index (κ1) is 32.0. The SMILES string of the molecule is Cc1c(N(C)C)c(C)c2oc3c(C)c(=NCCCC(C)(C)CCCN(C)C)c4c(C)c(C)c(C)c(C)c4c-3nc2c1C. The summed E-state index contributed by atoms with van der Waals surface area (Å²) in [4.78, 5) is 15.2. The summed E-state index contributed by atoms with van der Waals surface area (Å²) in [5, 5.41) is 3.51. The molecule has 5 heteroatoms. The van der Waals surface area contributed by atoms with E-state index in [0.29, 0.717) is 5.41 Å². The Bertz CT molecular complexity index is 1690. The highest BCUT2D eigenvalue weighted by molar-refractivity contribution is 6.03. The molecule has 0 fully saturated rings. The molecule has 5 nitrogen and oxygen atoms in total. The van der Waals surface area contributed by atoms with Crippen LogP contribution in [0.15, 0.2) is 9.41 Å². The highest BCUT2D eigenvalue weighted by atomic mass is 16.3. The normalized spacial score (nSPS) is 13.0. The molecule has 1 heterocycles. The van der Waals surface area contributed by atoms with Crippen molar-refractivity contribution in [3.8, 4) is 11.5 Å². The Morgan fingerprint density at radius 3 is 1.88 bits per heavy atom. The highest BCUT2D eigenvalue weighted by Crippen LogP contribution is 2.41. The highest BCUT2D eigenvalue weighted by Gasteiger charge is 2.26. The molecule has 0 N–H and O–H groups in total. The van der Waals surface area contributed by atoms with Crippen LogP contribution in [0.25, 0.3) is 33.3 Å². The summed E-state index contributed by atoms with van der Waals surface area (Å²) in [7, 11) is 8.52. The average molecular weight is 571 g/mol. The molecule has 42 heavy (non-hydrogen) atoms. The lowest BCUT2D eigenvalue weighted by Crippen LogP contribution is -2.19. The maximum Gasteiger partial charge on any atom is 0.158 e. The third kappa shape index (κ3) is 5.69. The molecular formula is C37H54N4O. The van der Waals surface area contributed by atoms with E-state index in [1.54, 1.807) is 0 Å². The Hall–Kier alpha value is -2.92. The van der Waals surface area contributed by atoms with E-state index in [2.05, 4.69) is 107 Å². The monoisotopic (exact) mass is 570 g/mol. The number of hydrogen-bond acceptors (Lipinski definition) is 5. The van der Waals surface area contributed by atoms with Crippen LogP contribution in [-0.2, 0) is 0 Å². The van der Waals surface area contributed by atoms with E-state index in [9.17, 15) is 0 Å². The number of anilines is 1. The van der Waals surface area contributed by atoms with Gasteiger partial charge in [0.15, 0.2) is 11.3 Å². The number of aromatic nitrogens is 1. The third-order valence-electron chi connectivity index (χ3n) is 9.87. The minimum atomic E-state index is 0.321. The van der Waals surface area contributed by atoms with Crippen molar-refractivity contribution in [3.05, 3.63) is 49.9 Å². The Kier molecular flexibility index (Phi) is 9.14. The van der Waals surface area contributed by atoms with Crippen LogP contribution >= 0.6 is 0 Å². The second-order valence-electron chi connectivity index (χ2n) is 14.0. The van der Waals surface area contributed by atoms with Gasteiger partial charge in [0.1, 0.15) is 11.2 Å². The largest absolute Gasteiger partial charge is 0.452 e. The van der Waals surface area contributed by atoms with Crippen molar-refractivity contribution >= 4 is 27.6 Å². The summed E-state index contributed by atoms with van der Waals surface area (Å²) in [6, 6.07) is 0. The molecule has 2 aliphatic rings. The minimum Gasteiger partial charge on any atom is -0.452 e. The van der Waals surface area contributed by atoms with Crippen LogP contribution in [0.5, 0.6) is 0 Å². The van der Waals surface area contributed by atoms with E-state index in [1.807, 2.05) is 0 Å². The van der Waals surface area contributed by atoms with E-state index in [0.717, 1.165) is 58.5 Å². The number of aryl methyl sites for hydroxylation is 4. The number of benzene rings is 3. The molecule has 0 amide bonds. The molecule has 0 saturated heterocycles. The summed E-state index contributed by atoms with van der Waals surface area (Å²) in [6.07, 6.45) is 4.73. The molecule has 0 atom stereocenters. The van der Waals surface area contributed by atoms with Gasteiger partial charge in [-0.05, 0) is 141 Å². The molecule has 0 saturated carbocycles. The van der Waals surface area contributed by atoms with E-state index in [-0.39, 0.29) is 0 Å². The van der Waals surface area contributed by atoms with Crippen molar-refractivity contribution in [3.63, 3.8) is 0 Å². The maximum atomic E-state index is 6.92. The Morgan fingerprint density at radius 2 is 1.29 bits per heavy atom. The summed E-state index contributed by atoms with van der Waals surface area (Å²) in [6.45, 7) is 24.4. The lowest BCUT2D eigenvalue weighted by molar-refractivity contribution is 0.271. The maximum absolute atomic E-state index is 6.92. The zero-order valence-electron chi connectivity index (χ0n) is 28.9. The van der Waals surface area contributed by atoms with Crippen molar-refractivity contribution in [1.29, 1.82) is 0 Å². The van der Waals surface area contributed by atoms with Gasteiger partial charge in [-0.1, -0.05) is 13.8 Å². The van der Waals surface area contributed by atoms with Crippen LogP contribution in [0.4, 0.5) is 5.69 Å². The average Bonchev–Trinajstić information content (AvgIpc) is 2.91. The number of rotatable bonds is 9. The summed E-state index contributed by atoms with van der Waals surface area (Å²) >= 11 is 0. The lowest BCUT2D eigenvalue weighted by Gasteiger charge is -2.25.